The smallest absolute Gasteiger partial charge is 0.347 e. The number of aromatic nitrogens is 4. The summed E-state index contributed by atoms with van der Waals surface area (Å²) in [6, 6.07) is 13.3. The maximum Gasteiger partial charge on any atom is 0.347 e. The van der Waals surface area contributed by atoms with Gasteiger partial charge in [0.25, 0.3) is 0 Å². The number of amides is 1. The molecule has 3 aromatic heterocycles. The molecule has 3 aromatic rings. The summed E-state index contributed by atoms with van der Waals surface area (Å²) in [6.45, 7) is 7.24. The van der Waals surface area contributed by atoms with E-state index in [1.54, 1.807) is 16.4 Å². The number of nitrogens with zero attached hydrogens (tertiary/aromatic N) is 5. The summed E-state index contributed by atoms with van der Waals surface area (Å²) in [7, 11) is 0. The Bertz CT molecular complexity index is 1210. The van der Waals surface area contributed by atoms with Gasteiger partial charge in [0.2, 0.25) is 5.91 Å². The Morgan fingerprint density at radius 2 is 1.82 bits per heavy atom. The van der Waals surface area contributed by atoms with E-state index in [0.29, 0.717) is 37.8 Å². The molecular weight excluding hydrogens is 420 g/mol. The van der Waals surface area contributed by atoms with Gasteiger partial charge >= 0.3 is 5.69 Å². The first-order valence-corrected chi connectivity index (χ1v) is 11.0. The lowest BCUT2D eigenvalue weighted by molar-refractivity contribution is -0.139. The molecule has 1 aliphatic rings. The van der Waals surface area contributed by atoms with E-state index >= 15 is 0 Å². The second-order valence-electron chi connectivity index (χ2n) is 8.16. The summed E-state index contributed by atoms with van der Waals surface area (Å²) in [5, 5.41) is 3.21. The van der Waals surface area contributed by atoms with Crippen LogP contribution in [0.5, 0.6) is 0 Å². The number of carbonyl (C=O) groups is 1. The molecule has 4 heterocycles. The first-order valence-electron chi connectivity index (χ1n) is 11.0. The molecule has 33 heavy (non-hydrogen) atoms. The van der Waals surface area contributed by atoms with E-state index in [1.165, 1.54) is 0 Å². The van der Waals surface area contributed by atoms with Crippen LogP contribution < -0.4 is 11.0 Å². The zero-order valence-electron chi connectivity index (χ0n) is 19.1. The minimum Gasteiger partial charge on any atom is -0.368 e. The Kier molecular flexibility index (Phi) is 6.79. The van der Waals surface area contributed by atoms with E-state index in [2.05, 4.69) is 20.3 Å². The van der Waals surface area contributed by atoms with Gasteiger partial charge in [-0.3, -0.25) is 9.36 Å². The zero-order valence-corrected chi connectivity index (χ0v) is 19.1. The molecule has 4 rings (SSSR count). The number of ether oxygens (including phenoxy) is 1. The van der Waals surface area contributed by atoms with Crippen LogP contribution in [0.2, 0.25) is 0 Å². The molecule has 0 radical (unpaired) electrons. The van der Waals surface area contributed by atoms with Gasteiger partial charge in [0.1, 0.15) is 17.7 Å². The molecule has 1 fully saturated rings. The highest BCUT2D eigenvalue weighted by molar-refractivity contribution is 5.76. The van der Waals surface area contributed by atoms with Crippen LogP contribution in [0.15, 0.2) is 47.3 Å². The van der Waals surface area contributed by atoms with E-state index in [9.17, 15) is 9.59 Å². The number of carbonyl (C=O) groups excluding carboxylic acids is 1. The summed E-state index contributed by atoms with van der Waals surface area (Å²) in [5.74, 6) is 1.37. The molecule has 9 heteroatoms. The van der Waals surface area contributed by atoms with Crippen LogP contribution in [0.1, 0.15) is 35.3 Å². The van der Waals surface area contributed by atoms with Crippen molar-refractivity contribution in [2.24, 2.45) is 0 Å². The standard InChI is InChI=1S/C24H28N6O3/c1-16-6-4-8-21(25-16)28-22-9-5-7-19(27-22)20-15-29(12-13-33-20)23(31)10-11-30-18(3)14-17(2)26-24(30)32/h4-9,14,20H,10-13,15H2,1-3H3,(H,25,27,28)/t20-/m1/s1. The molecule has 0 aliphatic carbocycles. The third-order valence-corrected chi connectivity index (χ3v) is 5.56. The van der Waals surface area contributed by atoms with Gasteiger partial charge in [-0.15, -0.1) is 0 Å². The molecule has 172 valence electrons. The molecule has 1 saturated heterocycles. The SMILES string of the molecule is Cc1cccc(Nc2cccc([C@H]3CN(C(=O)CCn4c(C)cc(C)nc4=O)CCO3)n2)n1. The van der Waals surface area contributed by atoms with E-state index in [4.69, 9.17) is 4.74 Å². The fraction of sp³-hybridized carbons (Fsp3) is 0.375. The zero-order chi connectivity index (χ0) is 23.4. The van der Waals surface area contributed by atoms with E-state index in [0.717, 1.165) is 22.9 Å². The minimum absolute atomic E-state index is 0.0200. The van der Waals surface area contributed by atoms with E-state index in [-0.39, 0.29) is 24.1 Å². The first-order chi connectivity index (χ1) is 15.9. The average Bonchev–Trinajstić information content (AvgIpc) is 2.78. The predicted octanol–water partition coefficient (Wildman–Crippen LogP) is 2.69. The van der Waals surface area contributed by atoms with E-state index in [1.807, 2.05) is 56.3 Å². The van der Waals surface area contributed by atoms with Crippen molar-refractivity contribution in [2.75, 3.05) is 25.0 Å². The van der Waals surface area contributed by atoms with E-state index < -0.39 is 0 Å². The van der Waals surface area contributed by atoms with Gasteiger partial charge in [-0.1, -0.05) is 12.1 Å². The maximum absolute atomic E-state index is 12.9. The lowest BCUT2D eigenvalue weighted by Crippen LogP contribution is -2.43. The van der Waals surface area contributed by atoms with Crippen molar-refractivity contribution in [2.45, 2.75) is 39.8 Å². The fourth-order valence-corrected chi connectivity index (χ4v) is 3.91. The number of morpholine rings is 1. The molecule has 1 aliphatic heterocycles. The Morgan fingerprint density at radius 3 is 2.58 bits per heavy atom. The van der Waals surface area contributed by atoms with Crippen LogP contribution in [0.3, 0.4) is 0 Å². The van der Waals surface area contributed by atoms with Crippen molar-refractivity contribution in [1.82, 2.24) is 24.4 Å². The van der Waals surface area contributed by atoms with Crippen molar-refractivity contribution in [3.63, 3.8) is 0 Å². The Morgan fingerprint density at radius 1 is 1.06 bits per heavy atom. The van der Waals surface area contributed by atoms with Crippen molar-refractivity contribution >= 4 is 17.5 Å². The number of anilines is 2. The quantitative estimate of drug-likeness (QED) is 0.618. The van der Waals surface area contributed by atoms with Crippen LogP contribution in [-0.2, 0) is 16.1 Å². The number of nitrogens with one attached hydrogen (secondary N) is 1. The Balaban J connectivity index is 1.40. The molecule has 1 N–H and O–H groups in total. The minimum atomic E-state index is -0.322. The highest BCUT2D eigenvalue weighted by Gasteiger charge is 2.26. The van der Waals surface area contributed by atoms with Gasteiger partial charge in [0.15, 0.2) is 0 Å². The molecule has 0 bridgehead atoms. The van der Waals surface area contributed by atoms with Crippen LogP contribution in [-0.4, -0.2) is 50.0 Å². The summed E-state index contributed by atoms with van der Waals surface area (Å²) in [4.78, 5) is 39.9. The third-order valence-electron chi connectivity index (χ3n) is 5.56. The first kappa shape index (κ1) is 22.6. The van der Waals surface area contributed by atoms with Crippen molar-refractivity contribution < 1.29 is 9.53 Å². The summed E-state index contributed by atoms with van der Waals surface area (Å²) >= 11 is 0. The van der Waals surface area contributed by atoms with Crippen molar-refractivity contribution in [1.29, 1.82) is 0 Å². The number of hydrogen-bond acceptors (Lipinski definition) is 7. The molecule has 9 nitrogen and oxygen atoms in total. The summed E-state index contributed by atoms with van der Waals surface area (Å²) in [5.41, 5.74) is 2.83. The molecule has 0 unspecified atom stereocenters. The highest BCUT2D eigenvalue weighted by atomic mass is 16.5. The second-order valence-corrected chi connectivity index (χ2v) is 8.16. The van der Waals surface area contributed by atoms with Gasteiger partial charge < -0.3 is 15.0 Å². The lowest BCUT2D eigenvalue weighted by Gasteiger charge is -2.33. The van der Waals surface area contributed by atoms with Crippen LogP contribution in [0.25, 0.3) is 0 Å². The number of aryl methyl sites for hydroxylation is 3. The van der Waals surface area contributed by atoms with Gasteiger partial charge in [0.05, 0.1) is 18.8 Å². The summed E-state index contributed by atoms with van der Waals surface area (Å²) in [6.07, 6.45) is -0.0906. The largest absolute Gasteiger partial charge is 0.368 e. The molecule has 0 saturated carbocycles. The molecule has 0 spiro atoms. The second kappa shape index (κ2) is 9.91. The predicted molar refractivity (Wildman–Crippen MR) is 124 cm³/mol. The Labute approximate surface area is 192 Å². The van der Waals surface area contributed by atoms with Crippen LogP contribution in [0, 0.1) is 20.8 Å². The fourth-order valence-electron chi connectivity index (χ4n) is 3.91. The third kappa shape index (κ3) is 5.61. The van der Waals surface area contributed by atoms with Gasteiger partial charge in [-0.2, -0.15) is 4.98 Å². The molecule has 1 atom stereocenters. The molecular formula is C24H28N6O3. The maximum atomic E-state index is 12.9. The summed E-state index contributed by atoms with van der Waals surface area (Å²) < 4.78 is 7.46. The highest BCUT2D eigenvalue weighted by Crippen LogP contribution is 2.23. The molecule has 1 amide bonds. The lowest BCUT2D eigenvalue weighted by atomic mass is 10.1. The van der Waals surface area contributed by atoms with Crippen molar-refractivity contribution in [3.05, 3.63) is 75.7 Å². The molecule has 0 aromatic carbocycles. The number of rotatable bonds is 6. The van der Waals surface area contributed by atoms with Crippen LogP contribution >= 0.6 is 0 Å². The monoisotopic (exact) mass is 448 g/mol. The van der Waals surface area contributed by atoms with Gasteiger partial charge in [0, 0.05) is 36.6 Å². The average molecular weight is 449 g/mol. The Hall–Kier alpha value is -3.59. The number of hydrogen-bond donors (Lipinski definition) is 1. The van der Waals surface area contributed by atoms with Gasteiger partial charge in [-0.05, 0) is 51.1 Å². The number of pyridine rings is 2. The van der Waals surface area contributed by atoms with Crippen molar-refractivity contribution in [3.8, 4) is 0 Å². The normalized spacial score (nSPS) is 16.0. The van der Waals surface area contributed by atoms with Crippen LogP contribution in [0.4, 0.5) is 11.6 Å². The van der Waals surface area contributed by atoms with Gasteiger partial charge in [-0.25, -0.2) is 14.8 Å². The topological polar surface area (TPSA) is 102 Å².